The minimum absolute atomic E-state index is 0.110. The van der Waals surface area contributed by atoms with E-state index in [-0.39, 0.29) is 23.5 Å². The lowest BCUT2D eigenvalue weighted by atomic mass is 10.0. The summed E-state index contributed by atoms with van der Waals surface area (Å²) < 4.78 is 27.4. The van der Waals surface area contributed by atoms with E-state index in [1.165, 1.54) is 0 Å². The molecule has 9 heteroatoms. The van der Waals surface area contributed by atoms with E-state index in [0.717, 1.165) is 60.4 Å². The lowest BCUT2D eigenvalue weighted by molar-refractivity contribution is 0.190. The molecule has 1 N–H and O–H groups in total. The normalized spacial score (nSPS) is 16.5. The molecule has 3 aromatic heterocycles. The number of rotatable bonds is 8. The van der Waals surface area contributed by atoms with Crippen LogP contribution in [0.25, 0.3) is 22.1 Å². The second-order valence-corrected chi connectivity index (χ2v) is 11.1. The van der Waals surface area contributed by atoms with Gasteiger partial charge in [-0.3, -0.25) is 0 Å². The Balaban J connectivity index is 1.67. The van der Waals surface area contributed by atoms with E-state index in [1.807, 2.05) is 26.1 Å². The maximum Gasteiger partial charge on any atom is 0.151 e. The molecule has 1 aliphatic heterocycles. The maximum atomic E-state index is 12.5. The molecule has 1 saturated heterocycles. The highest BCUT2D eigenvalue weighted by atomic mass is 32.2. The Labute approximate surface area is 183 Å². The molecule has 4 heterocycles. The second kappa shape index (κ2) is 8.97. The van der Waals surface area contributed by atoms with Crippen LogP contribution in [0.4, 0.5) is 0 Å². The first-order valence-corrected chi connectivity index (χ1v) is 12.8. The Hall–Kier alpha value is -2.44. The van der Waals surface area contributed by atoms with E-state index in [4.69, 9.17) is 10.2 Å². The van der Waals surface area contributed by atoms with Gasteiger partial charge in [-0.05, 0) is 24.8 Å². The Bertz CT molecular complexity index is 1200. The van der Waals surface area contributed by atoms with Crippen molar-refractivity contribution in [2.75, 3.05) is 31.1 Å². The van der Waals surface area contributed by atoms with Crippen LogP contribution in [0, 0.1) is 17.2 Å². The standard InChI is InChI=1S/C22H30N6O2S/c1-16(2)15-31(29,30)13-7-20-26-19-14-25-22-18(4-9-24-22)21(19)28(20)17-5-11-27(12-6-17)10-3-8-23/h4,9,14,16-17H,3,5-7,10-13,15H2,1-2H3,(H,24,25). The summed E-state index contributed by atoms with van der Waals surface area (Å²) in [6.45, 7) is 6.53. The second-order valence-electron chi connectivity index (χ2n) is 8.87. The third kappa shape index (κ3) is 4.75. The summed E-state index contributed by atoms with van der Waals surface area (Å²) in [5.74, 6) is 1.26. The number of aromatic amines is 1. The van der Waals surface area contributed by atoms with Crippen molar-refractivity contribution in [2.45, 2.75) is 45.6 Å². The number of nitrogens with zero attached hydrogens (tertiary/aromatic N) is 5. The number of sulfone groups is 1. The summed E-state index contributed by atoms with van der Waals surface area (Å²) in [5, 5.41) is 9.89. The Morgan fingerprint density at radius 3 is 2.81 bits per heavy atom. The number of aryl methyl sites for hydroxylation is 1. The predicted octanol–water partition coefficient (Wildman–Crippen LogP) is 3.08. The number of pyridine rings is 1. The zero-order valence-corrected chi connectivity index (χ0v) is 19.0. The van der Waals surface area contributed by atoms with Crippen LogP contribution >= 0.6 is 0 Å². The largest absolute Gasteiger partial charge is 0.346 e. The summed E-state index contributed by atoms with van der Waals surface area (Å²) in [6, 6.07) is 4.50. The van der Waals surface area contributed by atoms with Gasteiger partial charge in [0, 0.05) is 50.1 Å². The van der Waals surface area contributed by atoms with Crippen molar-refractivity contribution in [2.24, 2.45) is 5.92 Å². The molecular formula is C22H30N6O2S. The van der Waals surface area contributed by atoms with Crippen LogP contribution in [0.3, 0.4) is 0 Å². The van der Waals surface area contributed by atoms with Crippen LogP contribution in [0.1, 0.15) is 45.0 Å². The number of likely N-dealkylation sites (tertiary alicyclic amines) is 1. The molecule has 8 nitrogen and oxygen atoms in total. The molecule has 0 aliphatic carbocycles. The van der Waals surface area contributed by atoms with Gasteiger partial charge in [-0.15, -0.1) is 0 Å². The molecule has 0 unspecified atom stereocenters. The van der Waals surface area contributed by atoms with Crippen molar-refractivity contribution in [3.05, 3.63) is 24.3 Å². The number of imidazole rings is 1. The van der Waals surface area contributed by atoms with Gasteiger partial charge >= 0.3 is 0 Å². The first-order valence-electron chi connectivity index (χ1n) is 11.0. The molecule has 4 rings (SSSR count). The lowest BCUT2D eigenvalue weighted by Gasteiger charge is -2.33. The van der Waals surface area contributed by atoms with Crippen LogP contribution < -0.4 is 0 Å². The van der Waals surface area contributed by atoms with Gasteiger partial charge < -0.3 is 14.5 Å². The molecule has 0 bridgehead atoms. The van der Waals surface area contributed by atoms with Crippen LogP contribution in [-0.2, 0) is 16.3 Å². The summed E-state index contributed by atoms with van der Waals surface area (Å²) in [7, 11) is -3.13. The third-order valence-corrected chi connectivity index (χ3v) is 7.99. The highest BCUT2D eigenvalue weighted by Gasteiger charge is 2.26. The molecule has 1 aliphatic rings. The topological polar surface area (TPSA) is 108 Å². The summed E-state index contributed by atoms with van der Waals surface area (Å²) in [5.41, 5.74) is 2.67. The first-order chi connectivity index (χ1) is 14.9. The summed E-state index contributed by atoms with van der Waals surface area (Å²) in [4.78, 5) is 14.8. The van der Waals surface area contributed by atoms with Crippen LogP contribution in [0.2, 0.25) is 0 Å². The van der Waals surface area contributed by atoms with Gasteiger partial charge in [-0.1, -0.05) is 13.8 Å². The fraction of sp³-hybridized carbons (Fsp3) is 0.591. The Kier molecular flexibility index (Phi) is 6.30. The van der Waals surface area contributed by atoms with E-state index >= 15 is 0 Å². The number of piperidine rings is 1. The van der Waals surface area contributed by atoms with Crippen molar-refractivity contribution in [1.82, 2.24) is 24.4 Å². The van der Waals surface area contributed by atoms with Gasteiger partial charge in [0.2, 0.25) is 0 Å². The zero-order valence-electron chi connectivity index (χ0n) is 18.2. The molecule has 3 aromatic rings. The lowest BCUT2D eigenvalue weighted by Crippen LogP contribution is -2.35. The van der Waals surface area contributed by atoms with Crippen molar-refractivity contribution in [3.8, 4) is 6.07 Å². The van der Waals surface area contributed by atoms with E-state index in [2.05, 4.69) is 25.5 Å². The molecule has 31 heavy (non-hydrogen) atoms. The fourth-order valence-electron chi connectivity index (χ4n) is 4.66. The molecule has 0 spiro atoms. The monoisotopic (exact) mass is 442 g/mol. The molecule has 0 saturated carbocycles. The first kappa shape index (κ1) is 21.8. The molecule has 166 valence electrons. The maximum absolute atomic E-state index is 12.5. The number of hydrogen-bond donors (Lipinski definition) is 1. The van der Waals surface area contributed by atoms with Gasteiger partial charge in [0.25, 0.3) is 0 Å². The van der Waals surface area contributed by atoms with Crippen molar-refractivity contribution in [1.29, 1.82) is 5.26 Å². The molecule has 0 atom stereocenters. The number of nitrogens with one attached hydrogen (secondary N) is 1. The van der Waals surface area contributed by atoms with E-state index in [1.54, 1.807) is 6.20 Å². The van der Waals surface area contributed by atoms with E-state index < -0.39 is 9.84 Å². The molecule has 1 fully saturated rings. The average Bonchev–Trinajstić information content (AvgIpc) is 3.34. The van der Waals surface area contributed by atoms with Crippen LogP contribution in [0.5, 0.6) is 0 Å². The quantitative estimate of drug-likeness (QED) is 0.574. The Morgan fingerprint density at radius 1 is 1.32 bits per heavy atom. The minimum atomic E-state index is -3.13. The number of fused-ring (bicyclic) bond motifs is 3. The summed E-state index contributed by atoms with van der Waals surface area (Å²) >= 11 is 0. The molecule has 0 amide bonds. The van der Waals surface area contributed by atoms with E-state index in [9.17, 15) is 8.42 Å². The zero-order chi connectivity index (χ0) is 22.0. The molecule has 0 aromatic carbocycles. The molecular weight excluding hydrogens is 412 g/mol. The van der Waals surface area contributed by atoms with Crippen LogP contribution in [0.15, 0.2) is 18.5 Å². The Morgan fingerprint density at radius 2 is 2.10 bits per heavy atom. The highest BCUT2D eigenvalue weighted by Crippen LogP contribution is 2.32. The number of nitriles is 1. The highest BCUT2D eigenvalue weighted by molar-refractivity contribution is 7.91. The van der Waals surface area contributed by atoms with Crippen molar-refractivity contribution in [3.63, 3.8) is 0 Å². The van der Waals surface area contributed by atoms with Gasteiger partial charge in [0.1, 0.15) is 17.0 Å². The number of aromatic nitrogens is 4. The SMILES string of the molecule is CC(C)CS(=O)(=O)CCc1nc2cnc3[nH]ccc3c2n1C1CCN(CCC#N)CC1. The van der Waals surface area contributed by atoms with Crippen LogP contribution in [-0.4, -0.2) is 64.0 Å². The van der Waals surface area contributed by atoms with Crippen molar-refractivity contribution < 1.29 is 8.42 Å². The van der Waals surface area contributed by atoms with Gasteiger partial charge in [-0.2, -0.15) is 5.26 Å². The summed E-state index contributed by atoms with van der Waals surface area (Å²) in [6.07, 6.45) is 6.52. The fourth-order valence-corrected chi connectivity index (χ4v) is 6.33. The number of hydrogen-bond acceptors (Lipinski definition) is 6. The van der Waals surface area contributed by atoms with E-state index in [0.29, 0.717) is 12.8 Å². The van der Waals surface area contributed by atoms with Gasteiger partial charge in [-0.25, -0.2) is 18.4 Å². The average molecular weight is 443 g/mol. The van der Waals surface area contributed by atoms with Gasteiger partial charge in [0.15, 0.2) is 9.84 Å². The smallest absolute Gasteiger partial charge is 0.151 e. The predicted molar refractivity (Wildman–Crippen MR) is 122 cm³/mol. The minimum Gasteiger partial charge on any atom is -0.346 e. The third-order valence-electron chi connectivity index (χ3n) is 5.99. The number of H-pyrrole nitrogens is 1. The molecule has 0 radical (unpaired) electrons. The van der Waals surface area contributed by atoms with Crippen molar-refractivity contribution >= 4 is 31.9 Å². The van der Waals surface area contributed by atoms with Gasteiger partial charge in [0.05, 0.1) is 29.3 Å².